The van der Waals surface area contributed by atoms with E-state index >= 15 is 0 Å². The van der Waals surface area contributed by atoms with Crippen LogP contribution in [0.2, 0.25) is 0 Å². The predicted molar refractivity (Wildman–Crippen MR) is 67.3 cm³/mol. The average molecular weight is 204 g/mol. The molecule has 0 saturated heterocycles. The first kappa shape index (κ1) is 13.5. The third-order valence-electron chi connectivity index (χ3n) is 2.13. The van der Waals surface area contributed by atoms with E-state index in [0.717, 1.165) is 22.3 Å². The number of allylic oxidation sites excluding steroid dienone is 2. The topological polar surface area (TPSA) is 20.2 Å². The minimum absolute atomic E-state index is 0.400. The second kappa shape index (κ2) is 6.07. The lowest BCUT2D eigenvalue weighted by Crippen LogP contribution is -1.82. The molecule has 0 saturated carbocycles. The van der Waals surface area contributed by atoms with E-state index in [2.05, 4.69) is 19.2 Å². The molecular formula is C14H20O. The summed E-state index contributed by atoms with van der Waals surface area (Å²) in [5.41, 5.74) is 4.26. The molecule has 0 heterocycles. The Kier molecular flexibility index (Phi) is 5.46. The monoisotopic (exact) mass is 204 g/mol. The van der Waals surface area contributed by atoms with E-state index in [0.29, 0.717) is 5.75 Å². The fourth-order valence-electron chi connectivity index (χ4n) is 1.02. The van der Waals surface area contributed by atoms with Crippen molar-refractivity contribution in [2.45, 2.75) is 27.7 Å². The molecule has 0 unspecified atom stereocenters. The molecule has 0 aliphatic rings. The van der Waals surface area contributed by atoms with Crippen LogP contribution in [-0.2, 0) is 0 Å². The molecule has 0 amide bonds. The number of aromatic hydroxyl groups is 1. The third-order valence-corrected chi connectivity index (χ3v) is 2.13. The van der Waals surface area contributed by atoms with E-state index in [1.807, 2.05) is 27.7 Å². The van der Waals surface area contributed by atoms with Gasteiger partial charge in [-0.05, 0) is 50.5 Å². The zero-order valence-corrected chi connectivity index (χ0v) is 10.1. The lowest BCUT2D eigenvalue weighted by atomic mass is 10.1. The molecule has 1 heteroatoms. The first-order valence-corrected chi connectivity index (χ1v) is 4.93. The van der Waals surface area contributed by atoms with Crippen LogP contribution >= 0.6 is 0 Å². The van der Waals surface area contributed by atoms with Crippen molar-refractivity contribution in [3.05, 3.63) is 53.6 Å². The molecule has 0 fully saturated rings. The highest BCUT2D eigenvalue weighted by Crippen LogP contribution is 2.20. The third kappa shape index (κ3) is 5.06. The van der Waals surface area contributed by atoms with Crippen molar-refractivity contribution in [2.24, 2.45) is 0 Å². The zero-order valence-electron chi connectivity index (χ0n) is 10.1. The van der Waals surface area contributed by atoms with E-state index in [-0.39, 0.29) is 0 Å². The summed E-state index contributed by atoms with van der Waals surface area (Å²) < 4.78 is 0. The Bertz CT molecular complexity index is 339. The van der Waals surface area contributed by atoms with Gasteiger partial charge in [-0.3, -0.25) is 0 Å². The van der Waals surface area contributed by atoms with E-state index in [1.54, 1.807) is 12.1 Å². The lowest BCUT2D eigenvalue weighted by Gasteiger charge is -2.03. The van der Waals surface area contributed by atoms with Gasteiger partial charge in [-0.2, -0.15) is 0 Å². The molecule has 0 aromatic heterocycles. The van der Waals surface area contributed by atoms with Crippen LogP contribution in [0.4, 0.5) is 0 Å². The van der Waals surface area contributed by atoms with Gasteiger partial charge in [-0.25, -0.2) is 0 Å². The van der Waals surface area contributed by atoms with Crippen LogP contribution < -0.4 is 0 Å². The van der Waals surface area contributed by atoms with E-state index in [4.69, 9.17) is 0 Å². The molecule has 1 aromatic carbocycles. The molecular weight excluding hydrogens is 184 g/mol. The average Bonchev–Trinajstić information content (AvgIpc) is 2.15. The maximum Gasteiger partial charge on any atom is 0.119 e. The number of phenols is 1. The van der Waals surface area contributed by atoms with Gasteiger partial charge in [-0.15, -0.1) is 0 Å². The summed E-state index contributed by atoms with van der Waals surface area (Å²) in [6.07, 6.45) is 1.72. The molecule has 1 nitrogen and oxygen atoms in total. The Hall–Kier alpha value is -1.50. The lowest BCUT2D eigenvalue weighted by molar-refractivity contribution is 0.470. The van der Waals surface area contributed by atoms with Crippen molar-refractivity contribution in [1.82, 2.24) is 0 Å². The van der Waals surface area contributed by atoms with Gasteiger partial charge in [0.25, 0.3) is 0 Å². The second-order valence-electron chi connectivity index (χ2n) is 3.78. The number of hydrogen-bond donors (Lipinski definition) is 1. The standard InChI is InChI=1S/C9H12O.C5H8/c1-6-4-7(2)8(3)9(10)5-6;1-4-5(2)3/h4-5,10H,1-3H3;4H,1-2H2,3H3. The first-order chi connectivity index (χ1) is 6.88. The SMILES string of the molecule is C=CC(=C)C.Cc1cc(C)c(C)c(O)c1. The molecule has 82 valence electrons. The van der Waals surface area contributed by atoms with Crippen molar-refractivity contribution >= 4 is 0 Å². The Labute approximate surface area is 92.8 Å². The maximum atomic E-state index is 9.28. The largest absolute Gasteiger partial charge is 0.508 e. The smallest absolute Gasteiger partial charge is 0.119 e. The molecule has 0 spiro atoms. The van der Waals surface area contributed by atoms with Gasteiger partial charge < -0.3 is 5.11 Å². The van der Waals surface area contributed by atoms with Gasteiger partial charge in [0.2, 0.25) is 0 Å². The van der Waals surface area contributed by atoms with Gasteiger partial charge in [0.1, 0.15) is 5.75 Å². The molecule has 0 aliphatic heterocycles. The number of phenolic OH excluding ortho intramolecular Hbond substituents is 1. The summed E-state index contributed by atoms with van der Waals surface area (Å²) in [5.74, 6) is 0.400. The van der Waals surface area contributed by atoms with Crippen LogP contribution in [0.3, 0.4) is 0 Å². The Morgan fingerprint density at radius 2 is 1.73 bits per heavy atom. The zero-order chi connectivity index (χ0) is 12.0. The Balaban J connectivity index is 0.000000336. The number of benzene rings is 1. The van der Waals surface area contributed by atoms with Crippen molar-refractivity contribution in [2.75, 3.05) is 0 Å². The fraction of sp³-hybridized carbons (Fsp3) is 0.286. The molecule has 0 bridgehead atoms. The van der Waals surface area contributed by atoms with Crippen LogP contribution in [0, 0.1) is 20.8 Å². The summed E-state index contributed by atoms with van der Waals surface area (Å²) >= 11 is 0. The molecule has 1 N–H and O–H groups in total. The van der Waals surface area contributed by atoms with Gasteiger partial charge in [0.15, 0.2) is 0 Å². The van der Waals surface area contributed by atoms with Crippen LogP contribution in [-0.4, -0.2) is 5.11 Å². The van der Waals surface area contributed by atoms with Gasteiger partial charge >= 0.3 is 0 Å². The summed E-state index contributed by atoms with van der Waals surface area (Å²) in [6.45, 7) is 14.8. The normalized spacial score (nSPS) is 8.80. The van der Waals surface area contributed by atoms with Crippen LogP contribution in [0.5, 0.6) is 5.75 Å². The molecule has 0 aliphatic carbocycles. The van der Waals surface area contributed by atoms with Crippen molar-refractivity contribution in [1.29, 1.82) is 0 Å². The minimum atomic E-state index is 0.400. The molecule has 0 radical (unpaired) electrons. The quantitative estimate of drug-likeness (QED) is 0.684. The van der Waals surface area contributed by atoms with E-state index in [1.165, 1.54) is 0 Å². The summed E-state index contributed by atoms with van der Waals surface area (Å²) in [6, 6.07) is 3.84. The maximum absolute atomic E-state index is 9.28. The number of rotatable bonds is 1. The minimum Gasteiger partial charge on any atom is -0.508 e. The highest BCUT2D eigenvalue weighted by atomic mass is 16.3. The summed E-state index contributed by atoms with van der Waals surface area (Å²) in [7, 11) is 0. The van der Waals surface area contributed by atoms with Crippen molar-refractivity contribution < 1.29 is 5.11 Å². The highest BCUT2D eigenvalue weighted by Gasteiger charge is 1.98. The highest BCUT2D eigenvalue weighted by molar-refractivity contribution is 5.40. The number of hydrogen-bond acceptors (Lipinski definition) is 1. The fourth-order valence-corrected chi connectivity index (χ4v) is 1.02. The molecule has 0 atom stereocenters. The Morgan fingerprint density at radius 3 is 2.07 bits per heavy atom. The summed E-state index contributed by atoms with van der Waals surface area (Å²) in [4.78, 5) is 0. The van der Waals surface area contributed by atoms with Gasteiger partial charge in [0, 0.05) is 0 Å². The van der Waals surface area contributed by atoms with Crippen LogP contribution in [0.25, 0.3) is 0 Å². The van der Waals surface area contributed by atoms with Crippen molar-refractivity contribution in [3.8, 4) is 5.75 Å². The first-order valence-electron chi connectivity index (χ1n) is 4.93. The molecule has 1 rings (SSSR count). The van der Waals surface area contributed by atoms with Crippen LogP contribution in [0.1, 0.15) is 23.6 Å². The van der Waals surface area contributed by atoms with Crippen LogP contribution in [0.15, 0.2) is 36.9 Å². The predicted octanol–water partition coefficient (Wildman–Crippen LogP) is 4.07. The summed E-state index contributed by atoms with van der Waals surface area (Å²) in [5, 5.41) is 9.28. The van der Waals surface area contributed by atoms with Gasteiger partial charge in [-0.1, -0.05) is 30.9 Å². The second-order valence-corrected chi connectivity index (χ2v) is 3.78. The van der Waals surface area contributed by atoms with Gasteiger partial charge in [0.05, 0.1) is 0 Å². The molecule has 1 aromatic rings. The number of aryl methyl sites for hydroxylation is 2. The van der Waals surface area contributed by atoms with Crippen molar-refractivity contribution in [3.63, 3.8) is 0 Å². The Morgan fingerprint density at radius 1 is 1.27 bits per heavy atom. The van der Waals surface area contributed by atoms with E-state index in [9.17, 15) is 5.11 Å². The molecule has 15 heavy (non-hydrogen) atoms. The van der Waals surface area contributed by atoms with E-state index < -0.39 is 0 Å².